The first-order valence-electron chi connectivity index (χ1n) is 8.73. The van der Waals surface area contributed by atoms with Gasteiger partial charge < -0.3 is 14.6 Å². The fourth-order valence-electron chi connectivity index (χ4n) is 2.99. The second-order valence-electron chi connectivity index (χ2n) is 6.21. The first-order chi connectivity index (χ1) is 13.7. The summed E-state index contributed by atoms with van der Waals surface area (Å²) in [5, 5.41) is 7.21. The molecule has 2 aromatic heterocycles. The van der Waals surface area contributed by atoms with Gasteiger partial charge in [-0.15, -0.1) is 0 Å². The lowest BCUT2D eigenvalue weighted by atomic mass is 10.1. The van der Waals surface area contributed by atoms with Crippen molar-refractivity contribution in [1.82, 2.24) is 14.2 Å². The number of anilines is 1. The zero-order chi connectivity index (χ0) is 19.5. The average molecular weight is 374 g/mol. The number of fused-ring (bicyclic) bond motifs is 1. The van der Waals surface area contributed by atoms with Crippen LogP contribution in [0.3, 0.4) is 0 Å². The van der Waals surface area contributed by atoms with Crippen molar-refractivity contribution in [3.8, 4) is 17.0 Å². The van der Waals surface area contributed by atoms with Crippen LogP contribution in [0, 0.1) is 0 Å². The van der Waals surface area contributed by atoms with Crippen LogP contribution >= 0.6 is 0 Å². The molecule has 7 nitrogen and oxygen atoms in total. The monoisotopic (exact) mass is 374 g/mol. The summed E-state index contributed by atoms with van der Waals surface area (Å²) in [4.78, 5) is 25.2. The molecule has 7 heteroatoms. The topological polar surface area (TPSA) is 77.6 Å². The van der Waals surface area contributed by atoms with Gasteiger partial charge in [0.2, 0.25) is 5.91 Å². The van der Waals surface area contributed by atoms with E-state index in [1.165, 1.54) is 16.2 Å². The van der Waals surface area contributed by atoms with E-state index in [0.29, 0.717) is 22.6 Å². The van der Waals surface area contributed by atoms with Gasteiger partial charge in [-0.25, -0.2) is 4.52 Å². The van der Waals surface area contributed by atoms with Crippen molar-refractivity contribution >= 4 is 17.1 Å². The molecule has 0 spiro atoms. The number of methoxy groups -OCH3 is 1. The number of aromatic nitrogens is 3. The zero-order valence-corrected chi connectivity index (χ0v) is 15.2. The Morgan fingerprint density at radius 3 is 2.61 bits per heavy atom. The molecule has 1 amide bonds. The van der Waals surface area contributed by atoms with Crippen molar-refractivity contribution in [2.75, 3.05) is 12.4 Å². The van der Waals surface area contributed by atoms with Crippen LogP contribution in [-0.2, 0) is 11.3 Å². The van der Waals surface area contributed by atoms with Crippen LogP contribution in [-0.4, -0.2) is 27.2 Å². The number of carbonyl (C=O) groups excluding carboxylic acids is 1. The van der Waals surface area contributed by atoms with E-state index in [-0.39, 0.29) is 18.0 Å². The maximum absolute atomic E-state index is 12.8. The van der Waals surface area contributed by atoms with Gasteiger partial charge in [0.05, 0.1) is 18.5 Å². The molecule has 0 aliphatic rings. The van der Waals surface area contributed by atoms with Crippen molar-refractivity contribution in [2.45, 2.75) is 6.54 Å². The average Bonchev–Trinajstić information content (AvgIpc) is 3.16. The first kappa shape index (κ1) is 17.5. The van der Waals surface area contributed by atoms with E-state index < -0.39 is 0 Å². The summed E-state index contributed by atoms with van der Waals surface area (Å²) < 4.78 is 8.11. The van der Waals surface area contributed by atoms with Gasteiger partial charge in [0, 0.05) is 18.0 Å². The van der Waals surface area contributed by atoms with E-state index in [9.17, 15) is 9.59 Å². The predicted molar refractivity (Wildman–Crippen MR) is 107 cm³/mol. The Hall–Kier alpha value is -3.87. The third-order valence-corrected chi connectivity index (χ3v) is 4.37. The number of benzene rings is 2. The highest BCUT2D eigenvalue weighted by atomic mass is 16.5. The lowest BCUT2D eigenvalue weighted by molar-refractivity contribution is -0.116. The molecule has 4 aromatic rings. The molecule has 4 rings (SSSR count). The van der Waals surface area contributed by atoms with E-state index in [2.05, 4.69) is 10.4 Å². The second kappa shape index (κ2) is 7.40. The summed E-state index contributed by atoms with van der Waals surface area (Å²) in [5.41, 5.74) is 2.30. The van der Waals surface area contributed by atoms with Crippen LogP contribution in [0.4, 0.5) is 5.69 Å². The molecule has 0 saturated heterocycles. The number of rotatable bonds is 5. The highest BCUT2D eigenvalue weighted by Crippen LogP contribution is 2.23. The fraction of sp³-hybridized carbons (Fsp3) is 0.0952. The van der Waals surface area contributed by atoms with Crippen LogP contribution in [0.2, 0.25) is 0 Å². The Balaban J connectivity index is 1.60. The third-order valence-electron chi connectivity index (χ3n) is 4.37. The molecule has 0 atom stereocenters. The Morgan fingerprint density at radius 2 is 1.82 bits per heavy atom. The van der Waals surface area contributed by atoms with Crippen LogP contribution < -0.4 is 15.6 Å². The number of hydrogen-bond donors (Lipinski definition) is 1. The summed E-state index contributed by atoms with van der Waals surface area (Å²) in [6.45, 7) is -0.112. The number of para-hydroxylation sites is 2. The van der Waals surface area contributed by atoms with E-state index in [1.807, 2.05) is 36.4 Å². The van der Waals surface area contributed by atoms with Gasteiger partial charge >= 0.3 is 0 Å². The summed E-state index contributed by atoms with van der Waals surface area (Å²) >= 11 is 0. The number of ether oxygens (including phenoxy) is 1. The minimum atomic E-state index is -0.321. The molecular weight excluding hydrogens is 356 g/mol. The number of carbonyl (C=O) groups is 1. The molecule has 0 saturated carbocycles. The van der Waals surface area contributed by atoms with Gasteiger partial charge in [0.1, 0.15) is 17.8 Å². The molecule has 28 heavy (non-hydrogen) atoms. The highest BCUT2D eigenvalue weighted by Gasteiger charge is 2.12. The fourth-order valence-corrected chi connectivity index (χ4v) is 2.99. The molecule has 140 valence electrons. The summed E-state index contributed by atoms with van der Waals surface area (Å²) in [6, 6.07) is 18.5. The van der Waals surface area contributed by atoms with Crippen molar-refractivity contribution in [1.29, 1.82) is 0 Å². The molecule has 1 N–H and O–H groups in total. The van der Waals surface area contributed by atoms with E-state index in [1.54, 1.807) is 36.7 Å². The summed E-state index contributed by atoms with van der Waals surface area (Å²) in [5.74, 6) is 0.237. The van der Waals surface area contributed by atoms with Gasteiger partial charge in [-0.05, 0) is 18.2 Å². The quantitative estimate of drug-likeness (QED) is 0.583. The predicted octanol–water partition coefficient (Wildman–Crippen LogP) is 2.81. The van der Waals surface area contributed by atoms with Crippen molar-refractivity contribution < 1.29 is 9.53 Å². The van der Waals surface area contributed by atoms with Gasteiger partial charge in [0.25, 0.3) is 5.56 Å². The van der Waals surface area contributed by atoms with Crippen molar-refractivity contribution in [3.63, 3.8) is 0 Å². The zero-order valence-electron chi connectivity index (χ0n) is 15.2. The van der Waals surface area contributed by atoms with Gasteiger partial charge in [0.15, 0.2) is 0 Å². The van der Waals surface area contributed by atoms with Gasteiger partial charge in [-0.3, -0.25) is 9.59 Å². The standard InChI is InChI=1S/C21H18N4O3/c1-28-19-10-6-5-9-16(19)22-20(26)14-24-11-12-25-18(21(24)27)13-17(23-25)15-7-3-2-4-8-15/h2-13H,14H2,1H3,(H,22,26). The first-order valence-corrected chi connectivity index (χ1v) is 8.73. The molecule has 0 aliphatic heterocycles. The molecule has 0 aliphatic carbocycles. The summed E-state index contributed by atoms with van der Waals surface area (Å²) in [6.07, 6.45) is 3.22. The highest BCUT2D eigenvalue weighted by molar-refractivity contribution is 5.92. The normalized spacial score (nSPS) is 10.8. The third kappa shape index (κ3) is 3.37. The minimum Gasteiger partial charge on any atom is -0.495 e. The molecule has 0 unspecified atom stereocenters. The molecular formula is C21H18N4O3. The number of amides is 1. The maximum atomic E-state index is 12.8. The van der Waals surface area contributed by atoms with Crippen LogP contribution in [0.25, 0.3) is 16.8 Å². The largest absolute Gasteiger partial charge is 0.495 e. The second-order valence-corrected chi connectivity index (χ2v) is 6.21. The van der Waals surface area contributed by atoms with Crippen LogP contribution in [0.5, 0.6) is 5.75 Å². The van der Waals surface area contributed by atoms with Crippen LogP contribution in [0.15, 0.2) is 77.9 Å². The number of nitrogens with one attached hydrogen (secondary N) is 1. The molecule has 0 radical (unpaired) electrons. The minimum absolute atomic E-state index is 0.112. The Bertz CT molecular complexity index is 1200. The Labute approximate surface area is 160 Å². The van der Waals surface area contributed by atoms with E-state index in [0.717, 1.165) is 5.56 Å². The Kier molecular flexibility index (Phi) is 4.63. The van der Waals surface area contributed by atoms with Gasteiger partial charge in [-0.1, -0.05) is 42.5 Å². The van der Waals surface area contributed by atoms with E-state index >= 15 is 0 Å². The lowest BCUT2D eigenvalue weighted by Crippen LogP contribution is -2.28. The Morgan fingerprint density at radius 1 is 1.07 bits per heavy atom. The van der Waals surface area contributed by atoms with Gasteiger partial charge in [-0.2, -0.15) is 5.10 Å². The van der Waals surface area contributed by atoms with Crippen LogP contribution in [0.1, 0.15) is 0 Å². The smallest absolute Gasteiger partial charge is 0.277 e. The number of nitrogens with zero attached hydrogens (tertiary/aromatic N) is 3. The SMILES string of the molecule is COc1ccccc1NC(=O)Cn1ccn2nc(-c3ccccc3)cc2c1=O. The number of hydrogen-bond acceptors (Lipinski definition) is 4. The molecule has 2 aromatic carbocycles. The lowest BCUT2D eigenvalue weighted by Gasteiger charge is -2.10. The summed E-state index contributed by atoms with van der Waals surface area (Å²) in [7, 11) is 1.54. The maximum Gasteiger partial charge on any atom is 0.277 e. The van der Waals surface area contributed by atoms with Crippen molar-refractivity contribution in [3.05, 3.63) is 83.4 Å². The molecule has 2 heterocycles. The van der Waals surface area contributed by atoms with E-state index in [4.69, 9.17) is 4.74 Å². The molecule has 0 fully saturated rings. The van der Waals surface area contributed by atoms with Crippen molar-refractivity contribution in [2.24, 2.45) is 0 Å². The molecule has 0 bridgehead atoms.